The van der Waals surface area contributed by atoms with E-state index in [-0.39, 0.29) is 11.8 Å². The van der Waals surface area contributed by atoms with E-state index in [1.165, 1.54) is 0 Å². The second-order valence-electron chi connectivity index (χ2n) is 4.43. The molecular formula is C13H10ClN3O2. The highest BCUT2D eigenvalue weighted by Crippen LogP contribution is 2.31. The maximum atomic E-state index is 11.9. The van der Waals surface area contributed by atoms with Gasteiger partial charge in [0, 0.05) is 17.2 Å². The number of carbonyl (C=O) groups is 2. The van der Waals surface area contributed by atoms with Crippen LogP contribution in [0, 0.1) is 0 Å². The van der Waals surface area contributed by atoms with Gasteiger partial charge in [-0.1, -0.05) is 35.9 Å². The fraction of sp³-hybridized carbons (Fsp3) is 0.231. The van der Waals surface area contributed by atoms with Crippen LogP contribution >= 0.6 is 11.6 Å². The molecule has 96 valence electrons. The normalized spacial score (nSPS) is 19.5. The molecule has 0 aliphatic carbocycles. The summed E-state index contributed by atoms with van der Waals surface area (Å²) in [5, 5.41) is 12.1. The number of benzene rings is 1. The van der Waals surface area contributed by atoms with Gasteiger partial charge in [0.25, 0.3) is 0 Å². The number of carbonyl (C=O) groups excluding carboxylic acids is 2. The van der Waals surface area contributed by atoms with Crippen molar-refractivity contribution in [1.82, 2.24) is 15.5 Å². The summed E-state index contributed by atoms with van der Waals surface area (Å²) in [7, 11) is 0. The molecule has 0 spiro atoms. The van der Waals surface area contributed by atoms with Gasteiger partial charge in [0.15, 0.2) is 5.15 Å². The van der Waals surface area contributed by atoms with Gasteiger partial charge in [-0.2, -0.15) is 5.10 Å². The summed E-state index contributed by atoms with van der Waals surface area (Å²) in [6.07, 6.45) is 0.764. The van der Waals surface area contributed by atoms with Gasteiger partial charge in [-0.05, 0) is 6.42 Å². The molecule has 2 amide bonds. The van der Waals surface area contributed by atoms with Crippen LogP contribution in [0.2, 0.25) is 5.15 Å². The lowest BCUT2D eigenvalue weighted by molar-refractivity contribution is -0.134. The van der Waals surface area contributed by atoms with E-state index >= 15 is 0 Å². The Balaban J connectivity index is 2.13. The highest BCUT2D eigenvalue weighted by molar-refractivity contribution is 6.34. The maximum Gasteiger partial charge on any atom is 0.235 e. The first kappa shape index (κ1) is 12.0. The number of imide groups is 1. The van der Waals surface area contributed by atoms with Gasteiger partial charge in [-0.25, -0.2) is 0 Å². The summed E-state index contributed by atoms with van der Waals surface area (Å²) in [6, 6.07) is 7.40. The molecule has 1 atom stereocenters. The van der Waals surface area contributed by atoms with Crippen LogP contribution in [-0.2, 0) is 9.59 Å². The number of hydrogen-bond acceptors (Lipinski definition) is 4. The smallest absolute Gasteiger partial charge is 0.235 e. The van der Waals surface area contributed by atoms with Crippen molar-refractivity contribution in [2.75, 3.05) is 0 Å². The van der Waals surface area contributed by atoms with Gasteiger partial charge >= 0.3 is 0 Å². The van der Waals surface area contributed by atoms with Crippen LogP contribution < -0.4 is 5.32 Å². The van der Waals surface area contributed by atoms with E-state index in [2.05, 4.69) is 15.5 Å². The second-order valence-corrected chi connectivity index (χ2v) is 4.78. The zero-order valence-corrected chi connectivity index (χ0v) is 10.6. The van der Waals surface area contributed by atoms with Crippen LogP contribution in [0.5, 0.6) is 0 Å². The molecule has 1 aliphatic rings. The third-order valence-electron chi connectivity index (χ3n) is 3.24. The Kier molecular flexibility index (Phi) is 2.91. The molecule has 6 heteroatoms. The van der Waals surface area contributed by atoms with Gasteiger partial charge in [0.1, 0.15) is 0 Å². The number of halogens is 1. The fourth-order valence-electron chi connectivity index (χ4n) is 2.30. The third kappa shape index (κ3) is 2.06. The number of hydrogen-bond donors (Lipinski definition) is 1. The average molecular weight is 276 g/mol. The van der Waals surface area contributed by atoms with Crippen LogP contribution in [0.4, 0.5) is 0 Å². The zero-order valence-electron chi connectivity index (χ0n) is 9.89. The van der Waals surface area contributed by atoms with Gasteiger partial charge < -0.3 is 0 Å². The minimum absolute atomic E-state index is 0.243. The molecule has 1 fully saturated rings. The standard InChI is InChI=1S/C13H10ClN3O2/c14-12-8-4-2-1-3-7(8)11(16-17-12)9-5-6-10(18)15-13(9)19/h1-4,9H,5-6H2,(H,15,18,19). The second kappa shape index (κ2) is 4.59. The Hall–Kier alpha value is -2.01. The fourth-order valence-corrected chi connectivity index (χ4v) is 2.51. The van der Waals surface area contributed by atoms with Crippen molar-refractivity contribution in [3.05, 3.63) is 35.1 Å². The molecule has 1 unspecified atom stereocenters. The number of aromatic nitrogens is 2. The lowest BCUT2D eigenvalue weighted by Gasteiger charge is -2.21. The summed E-state index contributed by atoms with van der Waals surface area (Å²) >= 11 is 6.00. The van der Waals surface area contributed by atoms with Crippen LogP contribution in [0.25, 0.3) is 10.8 Å². The zero-order chi connectivity index (χ0) is 13.4. The first-order valence-electron chi connectivity index (χ1n) is 5.91. The van der Waals surface area contributed by atoms with Crippen LogP contribution in [0.1, 0.15) is 24.5 Å². The van der Waals surface area contributed by atoms with Crippen molar-refractivity contribution in [3.63, 3.8) is 0 Å². The Morgan fingerprint density at radius 3 is 2.63 bits per heavy atom. The van der Waals surface area contributed by atoms with Crippen LogP contribution in [-0.4, -0.2) is 22.0 Å². The van der Waals surface area contributed by atoms with Gasteiger partial charge in [-0.3, -0.25) is 14.9 Å². The average Bonchev–Trinajstić information content (AvgIpc) is 2.41. The summed E-state index contributed by atoms with van der Waals surface area (Å²) in [5.41, 5.74) is 0.574. The number of rotatable bonds is 1. The summed E-state index contributed by atoms with van der Waals surface area (Å²) in [6.45, 7) is 0. The van der Waals surface area contributed by atoms with Crippen LogP contribution in [0.15, 0.2) is 24.3 Å². The lowest BCUT2D eigenvalue weighted by atomic mass is 9.92. The van der Waals surface area contributed by atoms with Gasteiger partial charge in [0.05, 0.1) is 11.6 Å². The van der Waals surface area contributed by atoms with E-state index in [0.29, 0.717) is 23.7 Å². The minimum Gasteiger partial charge on any atom is -0.296 e. The molecule has 3 rings (SSSR count). The molecular weight excluding hydrogens is 266 g/mol. The van der Waals surface area contributed by atoms with E-state index in [0.717, 1.165) is 10.8 Å². The molecule has 1 aromatic heterocycles. The molecule has 1 aromatic carbocycles. The van der Waals surface area contributed by atoms with Crippen molar-refractivity contribution in [3.8, 4) is 0 Å². The first-order valence-corrected chi connectivity index (χ1v) is 6.29. The Morgan fingerprint density at radius 1 is 1.16 bits per heavy atom. The van der Waals surface area contributed by atoms with Crippen molar-refractivity contribution < 1.29 is 9.59 Å². The maximum absolute atomic E-state index is 11.9. The first-order chi connectivity index (χ1) is 9.16. The van der Waals surface area contributed by atoms with E-state index < -0.39 is 5.92 Å². The monoisotopic (exact) mass is 275 g/mol. The number of nitrogens with zero attached hydrogens (tertiary/aromatic N) is 2. The molecule has 5 nitrogen and oxygen atoms in total. The number of amides is 2. The highest BCUT2D eigenvalue weighted by Gasteiger charge is 2.30. The molecule has 0 bridgehead atoms. The summed E-state index contributed by atoms with van der Waals surface area (Å²) in [5.74, 6) is -1.02. The third-order valence-corrected chi connectivity index (χ3v) is 3.52. The molecule has 1 saturated heterocycles. The summed E-state index contributed by atoms with van der Waals surface area (Å²) in [4.78, 5) is 23.1. The number of piperidine rings is 1. The Morgan fingerprint density at radius 2 is 1.89 bits per heavy atom. The van der Waals surface area contributed by atoms with Crippen molar-refractivity contribution in [2.24, 2.45) is 0 Å². The van der Waals surface area contributed by atoms with E-state index in [1.807, 2.05) is 24.3 Å². The largest absolute Gasteiger partial charge is 0.296 e. The highest BCUT2D eigenvalue weighted by atomic mass is 35.5. The number of nitrogens with one attached hydrogen (secondary N) is 1. The predicted octanol–water partition coefficient (Wildman–Crippen LogP) is 1.80. The van der Waals surface area contributed by atoms with E-state index in [1.54, 1.807) is 0 Å². The SMILES string of the molecule is O=C1CCC(c2nnc(Cl)c3ccccc23)C(=O)N1. The molecule has 2 heterocycles. The van der Waals surface area contributed by atoms with Gasteiger partial charge in [-0.15, -0.1) is 5.10 Å². The minimum atomic E-state index is -0.452. The molecule has 1 N–H and O–H groups in total. The Labute approximate surface area is 114 Å². The number of fused-ring (bicyclic) bond motifs is 1. The Bertz CT molecular complexity index is 687. The molecule has 0 saturated carbocycles. The topological polar surface area (TPSA) is 72.0 Å². The van der Waals surface area contributed by atoms with Crippen molar-refractivity contribution in [1.29, 1.82) is 0 Å². The lowest BCUT2D eigenvalue weighted by Crippen LogP contribution is -2.39. The quantitative estimate of drug-likeness (QED) is 0.806. The summed E-state index contributed by atoms with van der Waals surface area (Å²) < 4.78 is 0. The predicted molar refractivity (Wildman–Crippen MR) is 69.7 cm³/mol. The van der Waals surface area contributed by atoms with E-state index in [9.17, 15) is 9.59 Å². The van der Waals surface area contributed by atoms with E-state index in [4.69, 9.17) is 11.6 Å². The van der Waals surface area contributed by atoms with Crippen LogP contribution in [0.3, 0.4) is 0 Å². The van der Waals surface area contributed by atoms with Crippen molar-refractivity contribution in [2.45, 2.75) is 18.8 Å². The van der Waals surface area contributed by atoms with Crippen molar-refractivity contribution >= 4 is 34.2 Å². The molecule has 0 radical (unpaired) electrons. The molecule has 1 aliphatic heterocycles. The molecule has 2 aromatic rings. The molecule has 19 heavy (non-hydrogen) atoms. The van der Waals surface area contributed by atoms with Gasteiger partial charge in [0.2, 0.25) is 11.8 Å².